The largest absolute Gasteiger partial charge is 0.494 e. The fourth-order valence-electron chi connectivity index (χ4n) is 2.10. The van der Waals surface area contributed by atoms with Crippen molar-refractivity contribution in [3.63, 3.8) is 0 Å². The minimum atomic E-state index is -0.261. The van der Waals surface area contributed by atoms with Crippen LogP contribution in [0.5, 0.6) is 5.75 Å². The van der Waals surface area contributed by atoms with E-state index >= 15 is 0 Å². The molecule has 0 aliphatic heterocycles. The second kappa shape index (κ2) is 9.04. The maximum Gasteiger partial charge on any atom is 0.247 e. The third-order valence-corrected chi connectivity index (χ3v) is 3.43. The Kier molecular flexibility index (Phi) is 6.52. The zero-order chi connectivity index (χ0) is 18.9. The average molecular weight is 348 g/mol. The smallest absolute Gasteiger partial charge is 0.247 e. The summed E-state index contributed by atoms with van der Waals surface area (Å²) in [5.41, 5.74) is 3.74. The van der Waals surface area contributed by atoms with E-state index in [-0.39, 0.29) is 5.91 Å². The molecule has 1 amide bonds. The highest BCUT2D eigenvalue weighted by molar-refractivity contribution is 5.98. The summed E-state index contributed by atoms with van der Waals surface area (Å²) in [6.45, 7) is 7.10. The van der Waals surface area contributed by atoms with E-state index in [2.05, 4.69) is 39.4 Å². The van der Waals surface area contributed by atoms with E-state index < -0.39 is 0 Å². The van der Waals surface area contributed by atoms with Gasteiger partial charge in [0.1, 0.15) is 5.75 Å². The monoisotopic (exact) mass is 348 g/mol. The van der Waals surface area contributed by atoms with E-state index in [1.54, 1.807) is 44.4 Å². The molecular weight excluding hydrogens is 328 g/mol. The van der Waals surface area contributed by atoms with Gasteiger partial charge >= 0.3 is 0 Å². The van der Waals surface area contributed by atoms with Gasteiger partial charge in [0.05, 0.1) is 24.2 Å². The van der Waals surface area contributed by atoms with Crippen molar-refractivity contribution >= 4 is 28.7 Å². The van der Waals surface area contributed by atoms with Crippen molar-refractivity contribution in [2.75, 3.05) is 17.7 Å². The molecule has 6 heteroatoms. The first-order chi connectivity index (χ1) is 12.6. The van der Waals surface area contributed by atoms with Gasteiger partial charge in [-0.2, -0.15) is 10.2 Å². The van der Waals surface area contributed by atoms with Gasteiger partial charge in [-0.05, 0) is 55.8 Å². The fourth-order valence-corrected chi connectivity index (χ4v) is 2.10. The fraction of sp³-hybridized carbons (Fsp3) is 0.150. The molecule has 0 radical (unpaired) electrons. The zero-order valence-electron chi connectivity index (χ0n) is 15.0. The first-order valence-electron chi connectivity index (χ1n) is 7.89. The number of hydrogen-bond acceptors (Lipinski definition) is 5. The molecule has 0 atom stereocenters. The molecule has 2 aromatic rings. The molecule has 132 valence electrons. The van der Waals surface area contributed by atoms with Crippen LogP contribution in [0.25, 0.3) is 0 Å². The number of carbonyl (C=O) groups is 1. The summed E-state index contributed by atoms with van der Waals surface area (Å²) < 4.78 is 5.37. The third-order valence-electron chi connectivity index (χ3n) is 3.43. The van der Waals surface area contributed by atoms with Gasteiger partial charge in [-0.25, -0.2) is 0 Å². The summed E-state index contributed by atoms with van der Waals surface area (Å²) in [5, 5.41) is 14.2. The quantitative estimate of drug-likeness (QED) is 0.336. The summed E-state index contributed by atoms with van der Waals surface area (Å²) >= 11 is 0. The SMILES string of the molecule is C=CC(=O)Nc1ccc(N=Nc2cc(OC)c(NC#CC)cc2C)cc1. The molecule has 0 aliphatic rings. The van der Waals surface area contributed by atoms with Crippen LogP contribution in [0.2, 0.25) is 0 Å². The minimum absolute atomic E-state index is 0.261. The van der Waals surface area contributed by atoms with Gasteiger partial charge in [0, 0.05) is 17.8 Å². The number of amides is 1. The van der Waals surface area contributed by atoms with Gasteiger partial charge in [0.25, 0.3) is 0 Å². The summed E-state index contributed by atoms with van der Waals surface area (Å²) in [6.07, 6.45) is 1.22. The van der Waals surface area contributed by atoms with Crippen molar-refractivity contribution in [2.45, 2.75) is 13.8 Å². The lowest BCUT2D eigenvalue weighted by atomic mass is 10.1. The number of ether oxygens (including phenoxy) is 1. The van der Waals surface area contributed by atoms with Crippen LogP contribution >= 0.6 is 0 Å². The first-order valence-corrected chi connectivity index (χ1v) is 7.89. The van der Waals surface area contributed by atoms with E-state index in [0.717, 1.165) is 11.3 Å². The topological polar surface area (TPSA) is 75.1 Å². The molecule has 2 aromatic carbocycles. The number of carbonyl (C=O) groups excluding carboxylic acids is 1. The standard InChI is InChI=1S/C20H20N4O2/c1-5-11-21-18-12-14(3)17(13-19(18)26-4)24-23-16-9-7-15(8-10-16)22-20(25)6-2/h6-10,12-13,21H,2H2,1,3-4H3,(H,22,25). The molecule has 0 bridgehead atoms. The second-order valence-electron chi connectivity index (χ2n) is 5.28. The van der Waals surface area contributed by atoms with Crippen molar-refractivity contribution in [1.29, 1.82) is 0 Å². The van der Waals surface area contributed by atoms with Gasteiger partial charge in [0.2, 0.25) is 5.91 Å². The van der Waals surface area contributed by atoms with E-state index in [0.29, 0.717) is 22.8 Å². The highest BCUT2D eigenvalue weighted by Gasteiger charge is 2.07. The van der Waals surface area contributed by atoms with Gasteiger partial charge in [-0.15, -0.1) is 0 Å². The molecule has 6 nitrogen and oxygen atoms in total. The number of nitrogens with one attached hydrogen (secondary N) is 2. The van der Waals surface area contributed by atoms with E-state index in [9.17, 15) is 4.79 Å². The van der Waals surface area contributed by atoms with Gasteiger partial charge in [0.15, 0.2) is 0 Å². The molecule has 0 saturated carbocycles. The summed E-state index contributed by atoms with van der Waals surface area (Å²) in [4.78, 5) is 11.3. The molecular formula is C20H20N4O2. The van der Waals surface area contributed by atoms with Crippen LogP contribution in [0.1, 0.15) is 12.5 Å². The van der Waals surface area contributed by atoms with Crippen molar-refractivity contribution in [3.8, 4) is 17.7 Å². The lowest BCUT2D eigenvalue weighted by Crippen LogP contribution is -2.06. The van der Waals surface area contributed by atoms with Crippen LogP contribution in [0.4, 0.5) is 22.7 Å². The van der Waals surface area contributed by atoms with E-state index in [1.807, 2.05) is 13.0 Å². The molecule has 0 spiro atoms. The molecule has 0 aromatic heterocycles. The highest BCUT2D eigenvalue weighted by Crippen LogP contribution is 2.33. The maximum atomic E-state index is 11.3. The van der Waals surface area contributed by atoms with Gasteiger partial charge < -0.3 is 15.4 Å². The predicted octanol–water partition coefficient (Wildman–Crippen LogP) is 4.94. The number of hydrogen-bond donors (Lipinski definition) is 2. The van der Waals surface area contributed by atoms with Crippen LogP contribution in [0.3, 0.4) is 0 Å². The number of rotatable bonds is 6. The Morgan fingerprint density at radius 3 is 2.58 bits per heavy atom. The summed E-state index contributed by atoms with van der Waals surface area (Å²) in [5.74, 6) is 3.15. The number of anilines is 2. The molecule has 0 unspecified atom stereocenters. The lowest BCUT2D eigenvalue weighted by molar-refractivity contribution is -0.111. The Labute approximate surface area is 153 Å². The van der Waals surface area contributed by atoms with E-state index in [4.69, 9.17) is 4.74 Å². The Balaban J connectivity index is 2.20. The number of nitrogens with zero attached hydrogens (tertiary/aromatic N) is 2. The molecule has 0 saturated heterocycles. The second-order valence-corrected chi connectivity index (χ2v) is 5.28. The van der Waals surface area contributed by atoms with E-state index in [1.165, 1.54) is 6.08 Å². The summed E-state index contributed by atoms with van der Waals surface area (Å²) in [7, 11) is 1.59. The molecule has 26 heavy (non-hydrogen) atoms. The van der Waals surface area contributed by atoms with Crippen molar-refractivity contribution < 1.29 is 9.53 Å². The molecule has 2 N–H and O–H groups in total. The lowest BCUT2D eigenvalue weighted by Gasteiger charge is -2.10. The van der Waals surface area contributed by atoms with Crippen LogP contribution in [0, 0.1) is 18.9 Å². The molecule has 0 fully saturated rings. The Bertz CT molecular complexity index is 891. The molecule has 0 heterocycles. The number of benzene rings is 2. The first kappa shape index (κ1) is 18.7. The number of methoxy groups -OCH3 is 1. The van der Waals surface area contributed by atoms with Crippen LogP contribution < -0.4 is 15.4 Å². The number of azo groups is 1. The van der Waals surface area contributed by atoms with Crippen molar-refractivity contribution in [1.82, 2.24) is 0 Å². The number of aryl methyl sites for hydroxylation is 1. The van der Waals surface area contributed by atoms with Gasteiger partial charge in [-0.3, -0.25) is 4.79 Å². The predicted molar refractivity (Wildman–Crippen MR) is 104 cm³/mol. The van der Waals surface area contributed by atoms with Gasteiger partial charge in [-0.1, -0.05) is 12.5 Å². The maximum absolute atomic E-state index is 11.3. The van der Waals surface area contributed by atoms with Crippen LogP contribution in [-0.4, -0.2) is 13.0 Å². The Morgan fingerprint density at radius 1 is 1.23 bits per heavy atom. The molecule has 0 aliphatic carbocycles. The highest BCUT2D eigenvalue weighted by atomic mass is 16.5. The average Bonchev–Trinajstić information content (AvgIpc) is 2.66. The van der Waals surface area contributed by atoms with Crippen LogP contribution in [-0.2, 0) is 4.79 Å². The Hall–Kier alpha value is -3.59. The van der Waals surface area contributed by atoms with Crippen LogP contribution in [0.15, 0.2) is 59.3 Å². The third kappa shape index (κ3) is 4.95. The minimum Gasteiger partial charge on any atom is -0.494 e. The normalized spacial score (nSPS) is 9.96. The summed E-state index contributed by atoms with van der Waals surface area (Å²) in [6, 6.07) is 13.5. The van der Waals surface area contributed by atoms with Crippen molar-refractivity contribution in [3.05, 3.63) is 54.6 Å². The van der Waals surface area contributed by atoms with Crippen molar-refractivity contribution in [2.24, 2.45) is 10.2 Å². The molecule has 2 rings (SSSR count). The zero-order valence-corrected chi connectivity index (χ0v) is 15.0. The Morgan fingerprint density at radius 2 is 1.96 bits per heavy atom.